The van der Waals surface area contributed by atoms with Gasteiger partial charge in [0, 0.05) is 19.4 Å². The molecule has 0 heterocycles. The van der Waals surface area contributed by atoms with Crippen LogP contribution in [0.2, 0.25) is 0 Å². The maximum Gasteiger partial charge on any atom is 0.306 e. The molecule has 0 aliphatic heterocycles. The lowest BCUT2D eigenvalue weighted by atomic mass is 10.1. The average Bonchev–Trinajstić information content (AvgIpc) is 3.30. The van der Waals surface area contributed by atoms with Crippen molar-refractivity contribution in [3.05, 3.63) is 109 Å². The van der Waals surface area contributed by atoms with E-state index in [1.54, 1.807) is 0 Å². The summed E-state index contributed by atoms with van der Waals surface area (Å²) in [5.41, 5.74) is 0. The van der Waals surface area contributed by atoms with E-state index >= 15 is 0 Å². The predicted molar refractivity (Wildman–Crippen MR) is 279 cm³/mol. The highest BCUT2D eigenvalue weighted by Crippen LogP contribution is 2.13. The maximum absolute atomic E-state index is 12.8. The predicted octanol–water partition coefficient (Wildman–Crippen LogP) is 18.0. The maximum atomic E-state index is 12.8. The lowest BCUT2D eigenvalue weighted by Crippen LogP contribution is -2.30. The highest BCUT2D eigenvalue weighted by Gasteiger charge is 2.17. The number of ether oxygens (including phenoxy) is 3. The second-order valence-corrected chi connectivity index (χ2v) is 17.0. The van der Waals surface area contributed by atoms with Crippen molar-refractivity contribution in [2.45, 2.75) is 232 Å². The van der Waals surface area contributed by atoms with Crippen molar-refractivity contribution >= 4 is 11.9 Å². The van der Waals surface area contributed by atoms with E-state index in [-0.39, 0.29) is 25.2 Å². The van der Waals surface area contributed by atoms with Gasteiger partial charge in [0.1, 0.15) is 6.61 Å². The molecule has 364 valence electrons. The van der Waals surface area contributed by atoms with E-state index in [2.05, 4.69) is 130 Å². The highest BCUT2D eigenvalue weighted by molar-refractivity contribution is 5.70. The van der Waals surface area contributed by atoms with Gasteiger partial charge in [-0.15, -0.1) is 0 Å². The van der Waals surface area contributed by atoms with Crippen LogP contribution in [-0.4, -0.2) is 37.9 Å². The van der Waals surface area contributed by atoms with Gasteiger partial charge in [-0.1, -0.05) is 207 Å². The minimum Gasteiger partial charge on any atom is -0.462 e. The van der Waals surface area contributed by atoms with Gasteiger partial charge in [-0.3, -0.25) is 9.59 Å². The van der Waals surface area contributed by atoms with E-state index in [4.69, 9.17) is 14.2 Å². The van der Waals surface area contributed by atoms with Gasteiger partial charge in [-0.05, 0) is 116 Å². The van der Waals surface area contributed by atoms with Crippen LogP contribution in [0.5, 0.6) is 0 Å². The molecule has 0 spiro atoms. The Hall–Kier alpha value is -3.44. The molecule has 5 heteroatoms. The van der Waals surface area contributed by atoms with Crippen LogP contribution in [0.15, 0.2) is 109 Å². The average molecular weight is 887 g/mol. The minimum atomic E-state index is -0.564. The van der Waals surface area contributed by atoms with Crippen molar-refractivity contribution < 1.29 is 23.8 Å². The molecule has 0 saturated heterocycles. The van der Waals surface area contributed by atoms with Crippen molar-refractivity contribution in [3.63, 3.8) is 0 Å². The number of carbonyl (C=O) groups excluding carboxylic acids is 2. The van der Waals surface area contributed by atoms with E-state index in [0.717, 1.165) is 116 Å². The van der Waals surface area contributed by atoms with Gasteiger partial charge >= 0.3 is 11.9 Å². The summed E-state index contributed by atoms with van der Waals surface area (Å²) in [6.07, 6.45) is 73.9. The summed E-state index contributed by atoms with van der Waals surface area (Å²) in [5.74, 6) is -0.454. The Kier molecular flexibility index (Phi) is 51.0. The first-order chi connectivity index (χ1) is 31.6. The van der Waals surface area contributed by atoms with Gasteiger partial charge in [0.2, 0.25) is 0 Å². The molecule has 0 rings (SSSR count). The highest BCUT2D eigenvalue weighted by atomic mass is 16.6. The Morgan fingerprint density at radius 2 is 0.703 bits per heavy atom. The first-order valence-corrected chi connectivity index (χ1v) is 26.4. The van der Waals surface area contributed by atoms with Crippen LogP contribution >= 0.6 is 0 Å². The van der Waals surface area contributed by atoms with Gasteiger partial charge in [0.05, 0.1) is 6.61 Å². The van der Waals surface area contributed by atoms with Crippen LogP contribution in [0, 0.1) is 0 Å². The fraction of sp³-hybridized carbons (Fsp3) is 0.661. The van der Waals surface area contributed by atoms with Gasteiger partial charge in [0.25, 0.3) is 0 Å². The number of rotatable bonds is 47. The molecule has 0 bridgehead atoms. The number of esters is 2. The molecular formula is C59H98O5. The van der Waals surface area contributed by atoms with Crippen LogP contribution in [0.3, 0.4) is 0 Å². The van der Waals surface area contributed by atoms with Crippen LogP contribution in [0.25, 0.3) is 0 Å². The summed E-state index contributed by atoms with van der Waals surface area (Å²) in [5, 5.41) is 0. The number of hydrogen-bond acceptors (Lipinski definition) is 5. The Labute approximate surface area is 395 Å². The summed E-state index contributed by atoms with van der Waals surface area (Å²) in [6.45, 7) is 7.50. The second-order valence-electron chi connectivity index (χ2n) is 17.0. The molecule has 0 fully saturated rings. The number of unbranched alkanes of at least 4 members (excludes halogenated alkanes) is 18. The minimum absolute atomic E-state index is 0.0557. The van der Waals surface area contributed by atoms with Gasteiger partial charge in [0.15, 0.2) is 6.10 Å². The van der Waals surface area contributed by atoms with Crippen LogP contribution in [-0.2, 0) is 23.8 Å². The number of allylic oxidation sites excluding steroid dienone is 18. The van der Waals surface area contributed by atoms with Crippen molar-refractivity contribution in [2.24, 2.45) is 0 Å². The van der Waals surface area contributed by atoms with E-state index < -0.39 is 6.10 Å². The zero-order valence-corrected chi connectivity index (χ0v) is 41.8. The van der Waals surface area contributed by atoms with Crippen molar-refractivity contribution in [3.8, 4) is 0 Å². The molecule has 0 aliphatic rings. The summed E-state index contributed by atoms with van der Waals surface area (Å²) < 4.78 is 17.4. The monoisotopic (exact) mass is 887 g/mol. The van der Waals surface area contributed by atoms with Crippen molar-refractivity contribution in [1.29, 1.82) is 0 Å². The van der Waals surface area contributed by atoms with E-state index in [0.29, 0.717) is 19.4 Å². The lowest BCUT2D eigenvalue weighted by molar-refractivity contribution is -0.163. The van der Waals surface area contributed by atoms with E-state index in [9.17, 15) is 9.59 Å². The van der Waals surface area contributed by atoms with E-state index in [1.807, 2.05) is 0 Å². The fourth-order valence-corrected chi connectivity index (χ4v) is 6.88. The molecule has 0 amide bonds. The molecule has 0 radical (unpaired) electrons. The Morgan fingerprint density at radius 3 is 1.16 bits per heavy atom. The van der Waals surface area contributed by atoms with Gasteiger partial charge in [-0.2, -0.15) is 0 Å². The Bertz CT molecular complexity index is 1280. The fourth-order valence-electron chi connectivity index (χ4n) is 6.88. The zero-order valence-electron chi connectivity index (χ0n) is 41.8. The molecule has 0 aromatic heterocycles. The normalized spacial score (nSPS) is 13.1. The molecule has 1 unspecified atom stereocenters. The summed E-state index contributed by atoms with van der Waals surface area (Å²) in [7, 11) is 0. The summed E-state index contributed by atoms with van der Waals surface area (Å²) in [6, 6.07) is 0. The Balaban J connectivity index is 4.33. The topological polar surface area (TPSA) is 61.8 Å². The van der Waals surface area contributed by atoms with Crippen molar-refractivity contribution in [2.75, 3.05) is 19.8 Å². The third kappa shape index (κ3) is 51.2. The smallest absolute Gasteiger partial charge is 0.306 e. The quantitative estimate of drug-likeness (QED) is 0.0346. The number of carbonyl (C=O) groups is 2. The zero-order chi connectivity index (χ0) is 46.3. The number of hydrogen-bond donors (Lipinski definition) is 0. The lowest BCUT2D eigenvalue weighted by Gasteiger charge is -2.18. The standard InChI is InChI=1S/C59H98O5/c1-4-7-10-13-16-19-22-24-26-28-30-31-33-35-38-40-43-46-49-52-58(60)63-56-57(64-59(61)53-50-47-44-41-37-21-18-15-12-9-6-3)55-62-54-51-48-45-42-39-36-34-32-29-27-25-23-20-17-14-11-8-5-2/h7-8,10-11,15-20,24-27,30-31,35,38,57H,4-6,9,12-14,21-23,28-29,32-34,36-37,39-56H2,1-3H3/b10-7-,11-8-,18-15-,19-16-,20-17-,26-24-,27-25-,31-30-,38-35-. The molecule has 5 nitrogen and oxygen atoms in total. The molecule has 0 aromatic carbocycles. The molecule has 0 saturated carbocycles. The molecular weight excluding hydrogens is 789 g/mol. The third-order valence-electron chi connectivity index (χ3n) is 10.8. The molecule has 1 atom stereocenters. The Morgan fingerprint density at radius 1 is 0.359 bits per heavy atom. The molecule has 64 heavy (non-hydrogen) atoms. The second kappa shape index (κ2) is 53.9. The largest absolute Gasteiger partial charge is 0.462 e. The summed E-state index contributed by atoms with van der Waals surface area (Å²) in [4.78, 5) is 25.4. The van der Waals surface area contributed by atoms with Crippen LogP contribution < -0.4 is 0 Å². The van der Waals surface area contributed by atoms with Gasteiger partial charge in [-0.25, -0.2) is 0 Å². The first-order valence-electron chi connectivity index (χ1n) is 26.4. The van der Waals surface area contributed by atoms with Crippen LogP contribution in [0.4, 0.5) is 0 Å². The van der Waals surface area contributed by atoms with E-state index in [1.165, 1.54) is 77.0 Å². The first kappa shape index (κ1) is 60.6. The molecule has 0 aliphatic carbocycles. The van der Waals surface area contributed by atoms with Crippen molar-refractivity contribution in [1.82, 2.24) is 0 Å². The van der Waals surface area contributed by atoms with Crippen LogP contribution in [0.1, 0.15) is 226 Å². The SMILES string of the molecule is CC/C=C\C/C=C\C/C=C\C/C=C\C/C=C\CCCCCC(=O)OCC(COCCCCCCCCCC/C=C\C/C=C\C/C=C\CC)OC(=O)CCCCCCC/C=C\CCCC. The molecule has 0 aromatic rings. The van der Waals surface area contributed by atoms with Gasteiger partial charge < -0.3 is 14.2 Å². The third-order valence-corrected chi connectivity index (χ3v) is 10.8. The molecule has 0 N–H and O–H groups in total. The summed E-state index contributed by atoms with van der Waals surface area (Å²) >= 11 is 0.